The van der Waals surface area contributed by atoms with Gasteiger partial charge in [-0.2, -0.15) is 0 Å². The average molecular weight is 299 g/mol. The van der Waals surface area contributed by atoms with E-state index in [4.69, 9.17) is 16.3 Å². The molecule has 5 heteroatoms. The van der Waals surface area contributed by atoms with E-state index in [9.17, 15) is 4.79 Å². The van der Waals surface area contributed by atoms with Crippen LogP contribution in [-0.2, 0) is 11.2 Å². The molecular formula is C15H23ClN2O2. The molecule has 0 aliphatic heterocycles. The van der Waals surface area contributed by atoms with Gasteiger partial charge in [-0.05, 0) is 24.5 Å². The van der Waals surface area contributed by atoms with E-state index < -0.39 is 0 Å². The maximum Gasteiger partial charge on any atom is 0.251 e. The molecule has 1 unspecified atom stereocenters. The van der Waals surface area contributed by atoms with Crippen LogP contribution in [0.3, 0.4) is 0 Å². The SMILES string of the molecule is CCCc1cc(C(=O)NC(COC)C(C)C)cc(Cl)n1. The van der Waals surface area contributed by atoms with Crippen molar-refractivity contribution in [3.05, 3.63) is 28.5 Å². The summed E-state index contributed by atoms with van der Waals surface area (Å²) in [6, 6.07) is 3.38. The number of nitrogens with zero attached hydrogens (tertiary/aromatic N) is 1. The van der Waals surface area contributed by atoms with E-state index in [0.29, 0.717) is 23.2 Å². The molecule has 4 nitrogen and oxygen atoms in total. The normalized spacial score (nSPS) is 12.5. The lowest BCUT2D eigenvalue weighted by Crippen LogP contribution is -2.41. The van der Waals surface area contributed by atoms with Gasteiger partial charge in [0.2, 0.25) is 0 Å². The standard InChI is InChI=1S/C15H23ClN2O2/c1-5-6-12-7-11(8-14(16)17-12)15(19)18-13(9-20-4)10(2)3/h7-8,10,13H,5-6,9H2,1-4H3,(H,18,19). The summed E-state index contributed by atoms with van der Waals surface area (Å²) in [5.41, 5.74) is 1.40. The second-order valence-electron chi connectivity index (χ2n) is 5.20. The van der Waals surface area contributed by atoms with Crippen LogP contribution in [0.2, 0.25) is 5.15 Å². The van der Waals surface area contributed by atoms with Crippen LogP contribution in [0.5, 0.6) is 0 Å². The van der Waals surface area contributed by atoms with Crippen LogP contribution >= 0.6 is 11.6 Å². The van der Waals surface area contributed by atoms with Crippen LogP contribution in [0, 0.1) is 5.92 Å². The molecule has 0 spiro atoms. The molecule has 0 radical (unpaired) electrons. The fourth-order valence-corrected chi connectivity index (χ4v) is 2.12. The van der Waals surface area contributed by atoms with Crippen LogP contribution in [-0.4, -0.2) is 30.6 Å². The summed E-state index contributed by atoms with van der Waals surface area (Å²) in [6.07, 6.45) is 1.78. The van der Waals surface area contributed by atoms with Crippen LogP contribution < -0.4 is 5.32 Å². The molecule has 0 saturated carbocycles. The van der Waals surface area contributed by atoms with Crippen molar-refractivity contribution in [2.24, 2.45) is 5.92 Å². The Kier molecular flexibility index (Phi) is 6.96. The Morgan fingerprint density at radius 1 is 1.45 bits per heavy atom. The summed E-state index contributed by atoms with van der Waals surface area (Å²) >= 11 is 5.97. The highest BCUT2D eigenvalue weighted by Crippen LogP contribution is 2.13. The number of amides is 1. The fourth-order valence-electron chi connectivity index (χ4n) is 1.90. The minimum atomic E-state index is -0.137. The molecule has 1 aromatic rings. The van der Waals surface area contributed by atoms with Crippen molar-refractivity contribution in [2.45, 2.75) is 39.7 Å². The zero-order chi connectivity index (χ0) is 15.1. The molecule has 20 heavy (non-hydrogen) atoms. The number of pyridine rings is 1. The summed E-state index contributed by atoms with van der Waals surface area (Å²) < 4.78 is 5.13. The van der Waals surface area contributed by atoms with E-state index in [1.165, 1.54) is 0 Å². The minimum Gasteiger partial charge on any atom is -0.383 e. The van der Waals surface area contributed by atoms with Gasteiger partial charge in [0.25, 0.3) is 5.91 Å². The first kappa shape index (κ1) is 16.9. The van der Waals surface area contributed by atoms with E-state index in [2.05, 4.69) is 17.2 Å². The van der Waals surface area contributed by atoms with Crippen LogP contribution in [0.4, 0.5) is 0 Å². The molecule has 1 rings (SSSR count). The quantitative estimate of drug-likeness (QED) is 0.787. The molecule has 0 aromatic carbocycles. The molecule has 1 atom stereocenters. The molecule has 0 bridgehead atoms. The summed E-state index contributed by atoms with van der Waals surface area (Å²) in [7, 11) is 1.63. The van der Waals surface area contributed by atoms with E-state index in [-0.39, 0.29) is 11.9 Å². The summed E-state index contributed by atoms with van der Waals surface area (Å²) in [5.74, 6) is 0.161. The van der Waals surface area contributed by atoms with Crippen LogP contribution in [0.1, 0.15) is 43.2 Å². The largest absolute Gasteiger partial charge is 0.383 e. The van der Waals surface area contributed by atoms with E-state index in [1.54, 1.807) is 19.2 Å². The third kappa shape index (κ3) is 5.10. The van der Waals surface area contributed by atoms with Gasteiger partial charge in [0.05, 0.1) is 12.6 Å². The average Bonchev–Trinajstić information content (AvgIpc) is 2.37. The second kappa shape index (κ2) is 8.22. The van der Waals surface area contributed by atoms with Gasteiger partial charge in [0, 0.05) is 18.4 Å². The third-order valence-electron chi connectivity index (χ3n) is 3.08. The Balaban J connectivity index is 2.85. The molecule has 0 aliphatic carbocycles. The molecule has 112 valence electrons. The molecule has 0 fully saturated rings. The van der Waals surface area contributed by atoms with Gasteiger partial charge in [0.15, 0.2) is 0 Å². The molecule has 1 heterocycles. The predicted octanol–water partition coefficient (Wildman–Crippen LogP) is 3.09. The Labute approximate surface area is 125 Å². The van der Waals surface area contributed by atoms with Crippen molar-refractivity contribution >= 4 is 17.5 Å². The highest BCUT2D eigenvalue weighted by molar-refractivity contribution is 6.29. The molecule has 1 N–H and O–H groups in total. The lowest BCUT2D eigenvalue weighted by molar-refractivity contribution is 0.0866. The number of rotatable bonds is 7. The number of ether oxygens (including phenoxy) is 1. The van der Waals surface area contributed by atoms with Crippen LogP contribution in [0.15, 0.2) is 12.1 Å². The Morgan fingerprint density at radius 3 is 2.70 bits per heavy atom. The number of methoxy groups -OCH3 is 1. The summed E-state index contributed by atoms with van der Waals surface area (Å²) in [6.45, 7) is 6.65. The Hall–Kier alpha value is -1.13. The van der Waals surface area contributed by atoms with Crippen molar-refractivity contribution in [3.63, 3.8) is 0 Å². The fraction of sp³-hybridized carbons (Fsp3) is 0.600. The third-order valence-corrected chi connectivity index (χ3v) is 3.28. The highest BCUT2D eigenvalue weighted by atomic mass is 35.5. The monoisotopic (exact) mass is 298 g/mol. The van der Waals surface area contributed by atoms with Crippen molar-refractivity contribution < 1.29 is 9.53 Å². The lowest BCUT2D eigenvalue weighted by Gasteiger charge is -2.21. The molecule has 1 aromatic heterocycles. The number of halogens is 1. The maximum absolute atomic E-state index is 12.3. The molecule has 0 saturated heterocycles. The number of nitrogens with one attached hydrogen (secondary N) is 1. The van der Waals surface area contributed by atoms with Crippen molar-refractivity contribution in [1.82, 2.24) is 10.3 Å². The first-order valence-electron chi connectivity index (χ1n) is 6.94. The van der Waals surface area contributed by atoms with E-state index >= 15 is 0 Å². The van der Waals surface area contributed by atoms with Crippen molar-refractivity contribution in [1.29, 1.82) is 0 Å². The highest BCUT2D eigenvalue weighted by Gasteiger charge is 2.17. The number of aromatic nitrogens is 1. The van der Waals surface area contributed by atoms with Gasteiger partial charge in [-0.25, -0.2) is 4.98 Å². The van der Waals surface area contributed by atoms with Gasteiger partial charge in [0.1, 0.15) is 5.15 Å². The van der Waals surface area contributed by atoms with Crippen LogP contribution in [0.25, 0.3) is 0 Å². The maximum atomic E-state index is 12.3. The Morgan fingerprint density at radius 2 is 2.15 bits per heavy atom. The minimum absolute atomic E-state index is 0.0194. The van der Waals surface area contributed by atoms with E-state index in [0.717, 1.165) is 18.5 Å². The van der Waals surface area contributed by atoms with Gasteiger partial charge >= 0.3 is 0 Å². The topological polar surface area (TPSA) is 51.2 Å². The van der Waals surface area contributed by atoms with Gasteiger partial charge in [-0.3, -0.25) is 4.79 Å². The smallest absolute Gasteiger partial charge is 0.251 e. The number of carbonyl (C=O) groups excluding carboxylic acids is 1. The number of hydrogen-bond donors (Lipinski definition) is 1. The first-order valence-corrected chi connectivity index (χ1v) is 7.32. The van der Waals surface area contributed by atoms with Gasteiger partial charge in [-0.1, -0.05) is 38.8 Å². The van der Waals surface area contributed by atoms with Gasteiger partial charge < -0.3 is 10.1 Å². The second-order valence-corrected chi connectivity index (χ2v) is 5.59. The molecule has 1 amide bonds. The van der Waals surface area contributed by atoms with Gasteiger partial charge in [-0.15, -0.1) is 0 Å². The number of aryl methyl sites for hydroxylation is 1. The lowest BCUT2D eigenvalue weighted by atomic mass is 10.0. The summed E-state index contributed by atoms with van der Waals surface area (Å²) in [4.78, 5) is 16.5. The van der Waals surface area contributed by atoms with E-state index in [1.807, 2.05) is 13.8 Å². The summed E-state index contributed by atoms with van der Waals surface area (Å²) in [5, 5.41) is 3.34. The zero-order valence-corrected chi connectivity index (χ0v) is 13.3. The molecular weight excluding hydrogens is 276 g/mol. The van der Waals surface area contributed by atoms with Crippen molar-refractivity contribution in [2.75, 3.05) is 13.7 Å². The first-order chi connectivity index (χ1) is 9.47. The molecule has 0 aliphatic rings. The van der Waals surface area contributed by atoms with Crippen molar-refractivity contribution in [3.8, 4) is 0 Å². The predicted molar refractivity (Wildman–Crippen MR) is 81.2 cm³/mol. The number of hydrogen-bond acceptors (Lipinski definition) is 3. The zero-order valence-electron chi connectivity index (χ0n) is 12.6. The number of carbonyl (C=O) groups is 1. The Bertz CT molecular complexity index is 449.